The molecule has 2 N–H and O–H groups in total. The molecule has 0 saturated carbocycles. The number of carbonyl (C=O) groups is 1. The molecule has 28 heavy (non-hydrogen) atoms. The number of piperidine rings is 1. The molecule has 1 saturated heterocycles. The van der Waals surface area contributed by atoms with Gasteiger partial charge in [-0.2, -0.15) is 18.3 Å². The zero-order valence-corrected chi connectivity index (χ0v) is 15.5. The van der Waals surface area contributed by atoms with E-state index in [0.29, 0.717) is 5.69 Å². The number of aryl methyl sites for hydroxylation is 1. The topological polar surface area (TPSA) is 76.0 Å². The number of carbonyl (C=O) groups excluding carboxylic acids is 1. The van der Waals surface area contributed by atoms with E-state index >= 15 is 0 Å². The maximum atomic E-state index is 13.0. The molecule has 2 heterocycles. The Morgan fingerprint density at radius 1 is 1.32 bits per heavy atom. The van der Waals surface area contributed by atoms with Crippen LogP contribution in [0.25, 0.3) is 5.69 Å². The number of nitrogens with zero attached hydrogens (tertiary/aromatic N) is 2. The summed E-state index contributed by atoms with van der Waals surface area (Å²) in [6.45, 7) is 4.34. The van der Waals surface area contributed by atoms with Gasteiger partial charge in [0, 0.05) is 23.8 Å². The number of alkyl halides is 3. The number of aromatic nitrogens is 2. The molecule has 0 spiro atoms. The van der Waals surface area contributed by atoms with Crippen molar-refractivity contribution in [3.05, 3.63) is 57.5 Å². The molecule has 1 aromatic carbocycles. The number of rotatable bonds is 3. The number of hydrogen-bond donors (Lipinski definition) is 2. The fourth-order valence-electron chi connectivity index (χ4n) is 3.26. The van der Waals surface area contributed by atoms with Gasteiger partial charge in [-0.15, -0.1) is 0 Å². The first-order chi connectivity index (χ1) is 13.2. The largest absolute Gasteiger partial charge is 0.416 e. The predicted molar refractivity (Wildman–Crippen MR) is 97.5 cm³/mol. The minimum absolute atomic E-state index is 0.0499. The van der Waals surface area contributed by atoms with Crippen molar-refractivity contribution in [2.24, 2.45) is 0 Å². The smallest absolute Gasteiger partial charge is 0.346 e. The number of benzene rings is 1. The molecule has 0 aliphatic carbocycles. The lowest BCUT2D eigenvalue weighted by Crippen LogP contribution is -2.52. The van der Waals surface area contributed by atoms with Crippen molar-refractivity contribution in [1.29, 1.82) is 0 Å². The van der Waals surface area contributed by atoms with Crippen LogP contribution in [0.5, 0.6) is 0 Å². The zero-order valence-electron chi connectivity index (χ0n) is 15.5. The molecule has 2 aromatic rings. The molecule has 1 amide bonds. The van der Waals surface area contributed by atoms with Crippen LogP contribution in [0.15, 0.2) is 35.1 Å². The lowest BCUT2D eigenvalue weighted by molar-refractivity contribution is -0.137. The van der Waals surface area contributed by atoms with Crippen LogP contribution in [0, 0.1) is 6.92 Å². The van der Waals surface area contributed by atoms with Gasteiger partial charge in [-0.3, -0.25) is 9.59 Å². The van der Waals surface area contributed by atoms with E-state index in [1.54, 1.807) is 6.92 Å². The molecule has 1 fully saturated rings. The average molecular weight is 394 g/mol. The Bertz CT molecular complexity index is 940. The standard InChI is InChI=1S/C19H21F3N4O2/c1-11-9-16(27)17(18(28)24-15-7-4-8-23-12(15)2)25-26(11)14-6-3-5-13(10-14)19(20,21)22/h3,5-6,9-10,12,15,23H,4,7-8H2,1-2H3,(H,24,28). The molecule has 1 aromatic heterocycles. The summed E-state index contributed by atoms with van der Waals surface area (Å²) in [5.41, 5.74) is -1.31. The van der Waals surface area contributed by atoms with Crippen molar-refractivity contribution in [1.82, 2.24) is 20.4 Å². The summed E-state index contributed by atoms with van der Waals surface area (Å²) < 4.78 is 40.2. The Labute approximate surface area is 159 Å². The highest BCUT2D eigenvalue weighted by Crippen LogP contribution is 2.30. The minimum atomic E-state index is -4.51. The second-order valence-electron chi connectivity index (χ2n) is 6.92. The Morgan fingerprint density at radius 3 is 2.75 bits per heavy atom. The van der Waals surface area contributed by atoms with Crippen LogP contribution in [0.3, 0.4) is 0 Å². The van der Waals surface area contributed by atoms with Gasteiger partial charge in [0.25, 0.3) is 5.91 Å². The van der Waals surface area contributed by atoms with Crippen LogP contribution in [0.4, 0.5) is 13.2 Å². The monoisotopic (exact) mass is 394 g/mol. The molecule has 0 radical (unpaired) electrons. The minimum Gasteiger partial charge on any atom is -0.346 e. The van der Waals surface area contributed by atoms with E-state index in [-0.39, 0.29) is 23.5 Å². The summed E-state index contributed by atoms with van der Waals surface area (Å²) in [6.07, 6.45) is -2.84. The fraction of sp³-hybridized carbons (Fsp3) is 0.421. The van der Waals surface area contributed by atoms with Crippen LogP contribution in [0.2, 0.25) is 0 Å². The third kappa shape index (κ3) is 4.24. The zero-order chi connectivity index (χ0) is 20.5. The summed E-state index contributed by atoms with van der Waals surface area (Å²) in [4.78, 5) is 24.9. The maximum Gasteiger partial charge on any atom is 0.416 e. The Balaban J connectivity index is 1.95. The van der Waals surface area contributed by atoms with E-state index in [1.807, 2.05) is 6.92 Å². The van der Waals surface area contributed by atoms with Crippen LogP contribution >= 0.6 is 0 Å². The van der Waals surface area contributed by atoms with Gasteiger partial charge in [0.1, 0.15) is 0 Å². The second-order valence-corrected chi connectivity index (χ2v) is 6.92. The van der Waals surface area contributed by atoms with Crippen molar-refractivity contribution in [2.45, 2.75) is 44.9 Å². The third-order valence-corrected chi connectivity index (χ3v) is 4.82. The molecule has 3 rings (SSSR count). The summed E-state index contributed by atoms with van der Waals surface area (Å²) in [5.74, 6) is -0.633. The van der Waals surface area contributed by atoms with Gasteiger partial charge < -0.3 is 10.6 Å². The normalized spacial score (nSPS) is 20.0. The molecular weight excluding hydrogens is 373 g/mol. The van der Waals surface area contributed by atoms with Crippen LogP contribution in [0.1, 0.15) is 41.5 Å². The first kappa shape index (κ1) is 20.1. The van der Waals surface area contributed by atoms with E-state index in [1.165, 1.54) is 22.9 Å². The number of halogens is 3. The van der Waals surface area contributed by atoms with E-state index in [9.17, 15) is 22.8 Å². The Hall–Kier alpha value is -2.68. The Kier molecular flexibility index (Phi) is 5.55. The Morgan fingerprint density at radius 2 is 2.07 bits per heavy atom. The van der Waals surface area contributed by atoms with Gasteiger partial charge in [-0.25, -0.2) is 4.68 Å². The van der Waals surface area contributed by atoms with Crippen molar-refractivity contribution in [3.63, 3.8) is 0 Å². The average Bonchev–Trinajstić information content (AvgIpc) is 2.63. The SMILES string of the molecule is Cc1cc(=O)c(C(=O)NC2CCCNC2C)nn1-c1cccc(C(F)(F)F)c1. The number of nitrogens with one attached hydrogen (secondary N) is 2. The lowest BCUT2D eigenvalue weighted by atomic mass is 10.00. The quantitative estimate of drug-likeness (QED) is 0.839. The predicted octanol–water partition coefficient (Wildman–Crippen LogP) is 2.43. The number of hydrogen-bond acceptors (Lipinski definition) is 4. The van der Waals surface area contributed by atoms with Crippen molar-refractivity contribution >= 4 is 5.91 Å². The van der Waals surface area contributed by atoms with E-state index in [4.69, 9.17) is 0 Å². The molecule has 6 nitrogen and oxygen atoms in total. The maximum absolute atomic E-state index is 13.0. The highest BCUT2D eigenvalue weighted by molar-refractivity contribution is 5.92. The molecule has 1 aliphatic heterocycles. The second kappa shape index (κ2) is 7.75. The molecule has 150 valence electrons. The molecule has 0 bridgehead atoms. The third-order valence-electron chi connectivity index (χ3n) is 4.82. The summed E-state index contributed by atoms with van der Waals surface area (Å²) in [6, 6.07) is 5.68. The van der Waals surface area contributed by atoms with Gasteiger partial charge in [-0.05, 0) is 51.4 Å². The van der Waals surface area contributed by atoms with Crippen molar-refractivity contribution < 1.29 is 18.0 Å². The van der Waals surface area contributed by atoms with E-state index in [0.717, 1.165) is 31.5 Å². The van der Waals surface area contributed by atoms with Gasteiger partial charge in [0.15, 0.2) is 5.69 Å². The first-order valence-electron chi connectivity index (χ1n) is 8.99. The van der Waals surface area contributed by atoms with Crippen LogP contribution in [-0.4, -0.2) is 34.3 Å². The van der Waals surface area contributed by atoms with Crippen LogP contribution < -0.4 is 16.1 Å². The molecule has 2 atom stereocenters. The van der Waals surface area contributed by atoms with Gasteiger partial charge in [0.05, 0.1) is 11.3 Å². The first-order valence-corrected chi connectivity index (χ1v) is 8.99. The summed E-state index contributed by atoms with van der Waals surface area (Å²) in [5, 5.41) is 10.1. The van der Waals surface area contributed by atoms with Crippen molar-refractivity contribution in [2.75, 3.05) is 6.54 Å². The molecular formula is C19H21F3N4O2. The van der Waals surface area contributed by atoms with E-state index in [2.05, 4.69) is 15.7 Å². The van der Waals surface area contributed by atoms with Crippen molar-refractivity contribution in [3.8, 4) is 5.69 Å². The highest BCUT2D eigenvalue weighted by Gasteiger charge is 2.31. The summed E-state index contributed by atoms with van der Waals surface area (Å²) in [7, 11) is 0. The molecule has 1 aliphatic rings. The number of amides is 1. The van der Waals surface area contributed by atoms with E-state index < -0.39 is 23.1 Å². The van der Waals surface area contributed by atoms with Gasteiger partial charge in [0.2, 0.25) is 5.43 Å². The molecule has 9 heteroatoms. The fourth-order valence-corrected chi connectivity index (χ4v) is 3.26. The highest BCUT2D eigenvalue weighted by atomic mass is 19.4. The lowest BCUT2D eigenvalue weighted by Gasteiger charge is -2.30. The summed E-state index contributed by atoms with van der Waals surface area (Å²) >= 11 is 0. The van der Waals surface area contributed by atoms with Gasteiger partial charge >= 0.3 is 6.18 Å². The van der Waals surface area contributed by atoms with Gasteiger partial charge in [-0.1, -0.05) is 6.07 Å². The molecule has 2 unspecified atom stereocenters. The van der Waals surface area contributed by atoms with Crippen LogP contribution in [-0.2, 0) is 6.18 Å².